The van der Waals surface area contributed by atoms with Crippen molar-refractivity contribution >= 4 is 11.9 Å². The molecule has 0 aliphatic carbocycles. The van der Waals surface area contributed by atoms with Crippen LogP contribution in [-0.2, 0) is 6.61 Å². The number of rotatable bonds is 6. The van der Waals surface area contributed by atoms with E-state index in [-0.39, 0.29) is 0 Å². The van der Waals surface area contributed by atoms with Gasteiger partial charge in [0.15, 0.2) is 0 Å². The van der Waals surface area contributed by atoms with Crippen molar-refractivity contribution in [2.45, 2.75) is 13.5 Å². The van der Waals surface area contributed by atoms with Crippen molar-refractivity contribution in [3.63, 3.8) is 0 Å². The van der Waals surface area contributed by atoms with Crippen molar-refractivity contribution in [1.82, 2.24) is 0 Å². The van der Waals surface area contributed by atoms with Gasteiger partial charge in [-0.3, -0.25) is 5.43 Å². The molecular formula is C21H20N2O. The zero-order chi connectivity index (χ0) is 16.6. The van der Waals surface area contributed by atoms with Crippen LogP contribution in [0.4, 0.5) is 5.69 Å². The van der Waals surface area contributed by atoms with Gasteiger partial charge in [-0.05, 0) is 47.9 Å². The summed E-state index contributed by atoms with van der Waals surface area (Å²) in [6, 6.07) is 26.1. The molecule has 120 valence electrons. The highest BCUT2D eigenvalue weighted by atomic mass is 16.5. The molecule has 0 unspecified atom stereocenters. The molecule has 0 saturated carbocycles. The first-order chi connectivity index (χ1) is 11.8. The van der Waals surface area contributed by atoms with Crippen LogP contribution in [0.3, 0.4) is 0 Å². The summed E-state index contributed by atoms with van der Waals surface area (Å²) in [6.07, 6.45) is 1.79. The molecule has 3 rings (SSSR count). The summed E-state index contributed by atoms with van der Waals surface area (Å²) in [5, 5.41) is 4.28. The van der Waals surface area contributed by atoms with Gasteiger partial charge in [-0.25, -0.2) is 0 Å². The lowest BCUT2D eigenvalue weighted by Gasteiger charge is -2.07. The van der Waals surface area contributed by atoms with Gasteiger partial charge in [-0.2, -0.15) is 5.10 Å². The lowest BCUT2D eigenvalue weighted by Crippen LogP contribution is -1.96. The second-order valence-corrected chi connectivity index (χ2v) is 5.59. The molecule has 0 fully saturated rings. The number of benzene rings is 3. The molecule has 0 amide bonds. The van der Waals surface area contributed by atoms with E-state index in [1.807, 2.05) is 54.6 Å². The molecule has 0 radical (unpaired) electrons. The van der Waals surface area contributed by atoms with Gasteiger partial charge >= 0.3 is 0 Å². The summed E-state index contributed by atoms with van der Waals surface area (Å²) < 4.78 is 5.83. The zero-order valence-electron chi connectivity index (χ0n) is 13.6. The molecule has 3 heteroatoms. The van der Waals surface area contributed by atoms with Gasteiger partial charge in [-0.1, -0.05) is 54.6 Å². The Balaban J connectivity index is 1.59. The topological polar surface area (TPSA) is 33.6 Å². The van der Waals surface area contributed by atoms with E-state index in [0.717, 1.165) is 22.6 Å². The largest absolute Gasteiger partial charge is 0.489 e. The maximum atomic E-state index is 5.83. The number of aryl methyl sites for hydroxylation is 1. The fraction of sp³-hybridized carbons (Fsp3) is 0.0952. The van der Waals surface area contributed by atoms with E-state index >= 15 is 0 Å². The van der Waals surface area contributed by atoms with E-state index in [9.17, 15) is 0 Å². The third-order valence-electron chi connectivity index (χ3n) is 3.53. The Bertz CT molecular complexity index is 813. The normalized spacial score (nSPS) is 10.7. The molecule has 0 aromatic heterocycles. The molecule has 3 nitrogen and oxygen atoms in total. The molecule has 3 aromatic carbocycles. The van der Waals surface area contributed by atoms with E-state index in [1.165, 1.54) is 5.56 Å². The van der Waals surface area contributed by atoms with Crippen LogP contribution < -0.4 is 10.2 Å². The summed E-state index contributed by atoms with van der Waals surface area (Å²) in [5.74, 6) is 0.832. The van der Waals surface area contributed by atoms with Crippen LogP contribution in [0.25, 0.3) is 0 Å². The number of nitrogens with zero attached hydrogens (tertiary/aromatic N) is 1. The maximum absolute atomic E-state index is 5.83. The molecule has 0 atom stereocenters. The van der Waals surface area contributed by atoms with Crippen molar-refractivity contribution in [3.8, 4) is 5.75 Å². The maximum Gasteiger partial charge on any atom is 0.120 e. The third-order valence-corrected chi connectivity index (χ3v) is 3.53. The van der Waals surface area contributed by atoms with Crippen molar-refractivity contribution < 1.29 is 4.74 Å². The van der Waals surface area contributed by atoms with E-state index in [2.05, 4.69) is 41.7 Å². The Labute approximate surface area is 142 Å². The number of anilines is 1. The number of nitrogens with one attached hydrogen (secondary N) is 1. The fourth-order valence-electron chi connectivity index (χ4n) is 2.32. The lowest BCUT2D eigenvalue weighted by atomic mass is 10.2. The smallest absolute Gasteiger partial charge is 0.120 e. The fourth-order valence-corrected chi connectivity index (χ4v) is 2.32. The summed E-state index contributed by atoms with van der Waals surface area (Å²) in [6.45, 7) is 2.62. The van der Waals surface area contributed by atoms with Crippen molar-refractivity contribution in [2.75, 3.05) is 5.43 Å². The van der Waals surface area contributed by atoms with Gasteiger partial charge in [0.05, 0.1) is 11.9 Å². The molecule has 0 heterocycles. The predicted octanol–water partition coefficient (Wildman–Crippen LogP) is 5.02. The minimum absolute atomic E-state index is 0.559. The third kappa shape index (κ3) is 4.71. The van der Waals surface area contributed by atoms with Crippen molar-refractivity contribution in [2.24, 2.45) is 5.10 Å². The van der Waals surface area contributed by atoms with E-state index in [0.29, 0.717) is 6.61 Å². The first-order valence-electron chi connectivity index (χ1n) is 7.92. The quantitative estimate of drug-likeness (QED) is 0.512. The minimum Gasteiger partial charge on any atom is -0.489 e. The van der Waals surface area contributed by atoms with Gasteiger partial charge in [0.2, 0.25) is 0 Å². The van der Waals surface area contributed by atoms with Gasteiger partial charge < -0.3 is 4.74 Å². The molecular weight excluding hydrogens is 296 g/mol. The standard InChI is InChI=1S/C21H20N2O/c1-17-7-5-11-20(13-17)23-22-15-19-10-6-12-21(14-19)24-16-18-8-3-2-4-9-18/h2-15,23H,16H2,1H3/b22-15-. The molecule has 24 heavy (non-hydrogen) atoms. The van der Waals surface area contributed by atoms with E-state index < -0.39 is 0 Å². The van der Waals surface area contributed by atoms with Crippen LogP contribution >= 0.6 is 0 Å². The number of hydrogen-bond donors (Lipinski definition) is 1. The monoisotopic (exact) mass is 316 g/mol. The predicted molar refractivity (Wildman–Crippen MR) is 99.6 cm³/mol. The van der Waals surface area contributed by atoms with E-state index in [4.69, 9.17) is 4.74 Å². The van der Waals surface area contributed by atoms with Crippen LogP contribution in [0.2, 0.25) is 0 Å². The number of hydrazone groups is 1. The Morgan fingerprint density at radius 3 is 2.58 bits per heavy atom. The summed E-state index contributed by atoms with van der Waals surface area (Å²) in [5.41, 5.74) is 7.35. The second-order valence-electron chi connectivity index (χ2n) is 5.59. The summed E-state index contributed by atoms with van der Waals surface area (Å²) in [7, 11) is 0. The van der Waals surface area contributed by atoms with Gasteiger partial charge in [0, 0.05) is 0 Å². The SMILES string of the molecule is Cc1cccc(N/N=C\c2cccc(OCc3ccccc3)c2)c1. The van der Waals surface area contributed by atoms with Gasteiger partial charge in [0.25, 0.3) is 0 Å². The highest BCUT2D eigenvalue weighted by molar-refractivity contribution is 5.80. The van der Waals surface area contributed by atoms with Gasteiger partial charge in [0.1, 0.15) is 12.4 Å². The second kappa shape index (κ2) is 7.97. The average Bonchev–Trinajstić information content (AvgIpc) is 2.61. The van der Waals surface area contributed by atoms with Crippen molar-refractivity contribution in [3.05, 3.63) is 95.6 Å². The van der Waals surface area contributed by atoms with Crippen LogP contribution in [0, 0.1) is 6.92 Å². The van der Waals surface area contributed by atoms with Crippen LogP contribution in [-0.4, -0.2) is 6.21 Å². The number of hydrogen-bond acceptors (Lipinski definition) is 3. The van der Waals surface area contributed by atoms with Gasteiger partial charge in [-0.15, -0.1) is 0 Å². The molecule has 0 bridgehead atoms. The molecule has 3 aromatic rings. The lowest BCUT2D eigenvalue weighted by molar-refractivity contribution is 0.306. The molecule has 0 aliphatic rings. The average molecular weight is 316 g/mol. The first kappa shape index (κ1) is 15.8. The minimum atomic E-state index is 0.559. The Morgan fingerprint density at radius 2 is 1.75 bits per heavy atom. The molecule has 0 spiro atoms. The van der Waals surface area contributed by atoms with Crippen LogP contribution in [0.1, 0.15) is 16.7 Å². The molecule has 0 saturated heterocycles. The Hall–Kier alpha value is -3.07. The summed E-state index contributed by atoms with van der Waals surface area (Å²) in [4.78, 5) is 0. The Kier molecular flexibility index (Phi) is 5.25. The van der Waals surface area contributed by atoms with Crippen molar-refractivity contribution in [1.29, 1.82) is 0 Å². The summed E-state index contributed by atoms with van der Waals surface area (Å²) >= 11 is 0. The Morgan fingerprint density at radius 1 is 0.917 bits per heavy atom. The highest BCUT2D eigenvalue weighted by Crippen LogP contribution is 2.14. The molecule has 0 aliphatic heterocycles. The first-order valence-corrected chi connectivity index (χ1v) is 7.92. The van der Waals surface area contributed by atoms with Crippen LogP contribution in [0.15, 0.2) is 84.0 Å². The number of ether oxygens (including phenoxy) is 1. The van der Waals surface area contributed by atoms with E-state index in [1.54, 1.807) is 6.21 Å². The van der Waals surface area contributed by atoms with Crippen LogP contribution in [0.5, 0.6) is 5.75 Å². The molecule has 1 N–H and O–H groups in total. The highest BCUT2D eigenvalue weighted by Gasteiger charge is 1.97. The zero-order valence-corrected chi connectivity index (χ0v) is 13.6.